The van der Waals surface area contributed by atoms with Gasteiger partial charge in [-0.2, -0.15) is 0 Å². The van der Waals surface area contributed by atoms with E-state index in [1.54, 1.807) is 11.7 Å². The molecule has 2 heterocycles. The van der Waals surface area contributed by atoms with E-state index in [4.69, 9.17) is 5.73 Å². The molecular weight excluding hydrogens is 184 g/mol. The van der Waals surface area contributed by atoms with Crippen molar-refractivity contribution in [3.63, 3.8) is 0 Å². The third-order valence-electron chi connectivity index (χ3n) is 1.67. The SMILES string of the molecule is NCc1cccnc1-c1nncs1. The highest BCUT2D eigenvalue weighted by atomic mass is 32.1. The predicted molar refractivity (Wildman–Crippen MR) is 51.0 cm³/mol. The Morgan fingerprint density at radius 1 is 1.46 bits per heavy atom. The van der Waals surface area contributed by atoms with Crippen molar-refractivity contribution in [3.05, 3.63) is 29.4 Å². The smallest absolute Gasteiger partial charge is 0.166 e. The van der Waals surface area contributed by atoms with E-state index in [-0.39, 0.29) is 0 Å². The summed E-state index contributed by atoms with van der Waals surface area (Å²) in [5.74, 6) is 0. The molecule has 0 aliphatic carbocycles. The fraction of sp³-hybridized carbons (Fsp3) is 0.125. The minimum Gasteiger partial charge on any atom is -0.326 e. The molecule has 0 radical (unpaired) electrons. The summed E-state index contributed by atoms with van der Waals surface area (Å²) >= 11 is 1.47. The molecular formula is C8H8N4S. The quantitative estimate of drug-likeness (QED) is 0.772. The molecule has 0 aromatic carbocycles. The molecule has 0 saturated heterocycles. The first kappa shape index (κ1) is 8.28. The van der Waals surface area contributed by atoms with Crippen molar-refractivity contribution in [2.24, 2.45) is 5.73 Å². The molecule has 0 bridgehead atoms. The Labute approximate surface area is 79.5 Å². The van der Waals surface area contributed by atoms with E-state index >= 15 is 0 Å². The van der Waals surface area contributed by atoms with E-state index in [0.717, 1.165) is 16.3 Å². The molecule has 13 heavy (non-hydrogen) atoms. The molecule has 5 heteroatoms. The van der Waals surface area contributed by atoms with Gasteiger partial charge in [-0.05, 0) is 11.6 Å². The van der Waals surface area contributed by atoms with Crippen LogP contribution in [0.3, 0.4) is 0 Å². The Morgan fingerprint density at radius 2 is 2.38 bits per heavy atom. The van der Waals surface area contributed by atoms with Gasteiger partial charge < -0.3 is 5.73 Å². The van der Waals surface area contributed by atoms with Crippen LogP contribution in [-0.4, -0.2) is 15.2 Å². The van der Waals surface area contributed by atoms with Gasteiger partial charge in [0.15, 0.2) is 5.01 Å². The Balaban J connectivity index is 2.51. The van der Waals surface area contributed by atoms with Crippen LogP contribution in [-0.2, 0) is 6.54 Å². The minimum absolute atomic E-state index is 0.475. The summed E-state index contributed by atoms with van der Waals surface area (Å²) in [6, 6.07) is 3.82. The van der Waals surface area contributed by atoms with Gasteiger partial charge in [0.25, 0.3) is 0 Å². The first-order chi connectivity index (χ1) is 6.42. The highest BCUT2D eigenvalue weighted by molar-refractivity contribution is 7.12. The Kier molecular flexibility index (Phi) is 2.29. The molecule has 0 unspecified atom stereocenters. The van der Waals surface area contributed by atoms with Gasteiger partial charge in [0.1, 0.15) is 11.2 Å². The highest BCUT2D eigenvalue weighted by Gasteiger charge is 2.06. The first-order valence-electron chi connectivity index (χ1n) is 3.82. The second-order valence-corrected chi connectivity index (χ2v) is 3.29. The van der Waals surface area contributed by atoms with Crippen molar-refractivity contribution in [2.75, 3.05) is 0 Å². The molecule has 0 spiro atoms. The molecule has 0 atom stereocenters. The van der Waals surface area contributed by atoms with Gasteiger partial charge in [-0.25, -0.2) is 0 Å². The number of nitrogens with zero attached hydrogens (tertiary/aromatic N) is 3. The summed E-state index contributed by atoms with van der Waals surface area (Å²) in [6.07, 6.45) is 1.73. The van der Waals surface area contributed by atoms with Crippen molar-refractivity contribution in [2.45, 2.75) is 6.54 Å². The number of nitrogens with two attached hydrogens (primary N) is 1. The van der Waals surface area contributed by atoms with Crippen LogP contribution in [0.2, 0.25) is 0 Å². The van der Waals surface area contributed by atoms with E-state index in [1.165, 1.54) is 11.3 Å². The molecule has 0 amide bonds. The number of pyridine rings is 1. The van der Waals surface area contributed by atoms with Crippen molar-refractivity contribution in [1.82, 2.24) is 15.2 Å². The van der Waals surface area contributed by atoms with Crippen molar-refractivity contribution in [1.29, 1.82) is 0 Å². The van der Waals surface area contributed by atoms with Crippen molar-refractivity contribution in [3.8, 4) is 10.7 Å². The zero-order chi connectivity index (χ0) is 9.10. The van der Waals surface area contributed by atoms with E-state index in [0.29, 0.717) is 6.54 Å². The summed E-state index contributed by atoms with van der Waals surface area (Å²) < 4.78 is 0. The van der Waals surface area contributed by atoms with Crippen LogP contribution < -0.4 is 5.73 Å². The van der Waals surface area contributed by atoms with Gasteiger partial charge in [0.2, 0.25) is 0 Å². The fourth-order valence-electron chi connectivity index (χ4n) is 1.07. The van der Waals surface area contributed by atoms with Gasteiger partial charge in [0.05, 0.1) is 0 Å². The molecule has 2 N–H and O–H groups in total. The van der Waals surface area contributed by atoms with Crippen LogP contribution in [0.15, 0.2) is 23.8 Å². The second-order valence-electron chi connectivity index (χ2n) is 2.46. The Morgan fingerprint density at radius 3 is 3.08 bits per heavy atom. The lowest BCUT2D eigenvalue weighted by Gasteiger charge is -2.00. The van der Waals surface area contributed by atoms with E-state index < -0.39 is 0 Å². The maximum Gasteiger partial charge on any atom is 0.166 e. The zero-order valence-electron chi connectivity index (χ0n) is 6.84. The lowest BCUT2D eigenvalue weighted by molar-refractivity contribution is 1.03. The minimum atomic E-state index is 0.475. The van der Waals surface area contributed by atoms with Gasteiger partial charge in [-0.3, -0.25) is 4.98 Å². The number of hydrogen-bond donors (Lipinski definition) is 1. The maximum absolute atomic E-state index is 5.57. The third kappa shape index (κ3) is 1.56. The highest BCUT2D eigenvalue weighted by Crippen LogP contribution is 2.21. The zero-order valence-corrected chi connectivity index (χ0v) is 7.66. The van der Waals surface area contributed by atoms with Gasteiger partial charge >= 0.3 is 0 Å². The van der Waals surface area contributed by atoms with Crippen LogP contribution in [0.4, 0.5) is 0 Å². The second kappa shape index (κ2) is 3.59. The van der Waals surface area contributed by atoms with E-state index in [1.807, 2.05) is 12.1 Å². The predicted octanol–water partition coefficient (Wildman–Crippen LogP) is 1.06. The van der Waals surface area contributed by atoms with Crippen LogP contribution >= 0.6 is 11.3 Å². The molecule has 0 aliphatic heterocycles. The Bertz CT molecular complexity index is 385. The average molecular weight is 192 g/mol. The van der Waals surface area contributed by atoms with Gasteiger partial charge in [-0.1, -0.05) is 17.4 Å². The fourth-order valence-corrected chi connectivity index (χ4v) is 1.66. The van der Waals surface area contributed by atoms with Gasteiger partial charge in [0, 0.05) is 12.7 Å². The van der Waals surface area contributed by atoms with Crippen LogP contribution in [0, 0.1) is 0 Å². The van der Waals surface area contributed by atoms with Crippen LogP contribution in [0.25, 0.3) is 10.7 Å². The van der Waals surface area contributed by atoms with E-state index in [2.05, 4.69) is 15.2 Å². The normalized spacial score (nSPS) is 10.2. The lowest BCUT2D eigenvalue weighted by Crippen LogP contribution is -2.00. The average Bonchev–Trinajstić information content (AvgIpc) is 2.70. The summed E-state index contributed by atoms with van der Waals surface area (Å²) in [6.45, 7) is 0.475. The summed E-state index contributed by atoms with van der Waals surface area (Å²) in [7, 11) is 0. The molecule has 2 aromatic rings. The lowest BCUT2D eigenvalue weighted by atomic mass is 10.2. The van der Waals surface area contributed by atoms with Crippen molar-refractivity contribution < 1.29 is 0 Å². The standard InChI is InChI=1S/C8H8N4S/c9-4-6-2-1-3-10-7(6)8-12-11-5-13-8/h1-3,5H,4,9H2. The van der Waals surface area contributed by atoms with Crippen LogP contribution in [0.1, 0.15) is 5.56 Å². The van der Waals surface area contributed by atoms with Gasteiger partial charge in [-0.15, -0.1) is 10.2 Å². The monoisotopic (exact) mass is 192 g/mol. The van der Waals surface area contributed by atoms with Crippen LogP contribution in [0.5, 0.6) is 0 Å². The summed E-state index contributed by atoms with van der Waals surface area (Å²) in [5, 5.41) is 8.53. The summed E-state index contributed by atoms with van der Waals surface area (Å²) in [4.78, 5) is 4.22. The molecule has 0 aliphatic rings. The van der Waals surface area contributed by atoms with E-state index in [9.17, 15) is 0 Å². The molecule has 0 fully saturated rings. The number of aromatic nitrogens is 3. The first-order valence-corrected chi connectivity index (χ1v) is 4.70. The maximum atomic E-state index is 5.57. The Hall–Kier alpha value is -1.33. The molecule has 0 saturated carbocycles. The number of rotatable bonds is 2. The largest absolute Gasteiger partial charge is 0.326 e. The summed E-state index contributed by atoms with van der Waals surface area (Å²) in [5.41, 5.74) is 9.10. The molecule has 2 rings (SSSR count). The van der Waals surface area contributed by atoms with Crippen molar-refractivity contribution >= 4 is 11.3 Å². The molecule has 66 valence electrons. The third-order valence-corrected chi connectivity index (χ3v) is 2.37. The molecule has 4 nitrogen and oxygen atoms in total. The topological polar surface area (TPSA) is 64.7 Å². The molecule has 2 aromatic heterocycles. The number of hydrogen-bond acceptors (Lipinski definition) is 5.